The summed E-state index contributed by atoms with van der Waals surface area (Å²) in [5.74, 6) is -2.23. The maximum Gasteiger partial charge on any atom is 0.339 e. The number of imide groups is 1. The Labute approximate surface area is 184 Å². The third-order valence-electron chi connectivity index (χ3n) is 4.78. The predicted molar refractivity (Wildman–Crippen MR) is 113 cm³/mol. The number of benzene rings is 2. The van der Waals surface area contributed by atoms with E-state index in [1.807, 2.05) is 0 Å². The lowest BCUT2D eigenvalue weighted by Crippen LogP contribution is -2.40. The lowest BCUT2D eigenvalue weighted by Gasteiger charge is -2.25. The van der Waals surface area contributed by atoms with Gasteiger partial charge in [0, 0.05) is 12.8 Å². The molecular weight excluding hydrogens is 440 g/mol. The largest absolute Gasteiger partial charge is 0.465 e. The van der Waals surface area contributed by atoms with Gasteiger partial charge in [-0.15, -0.1) is 0 Å². The summed E-state index contributed by atoms with van der Waals surface area (Å²) in [5, 5.41) is 0. The van der Waals surface area contributed by atoms with Gasteiger partial charge in [0.25, 0.3) is 10.0 Å². The van der Waals surface area contributed by atoms with Gasteiger partial charge in [0.05, 0.1) is 41.6 Å². The van der Waals surface area contributed by atoms with Crippen molar-refractivity contribution in [1.82, 2.24) is 0 Å². The number of nitrogens with one attached hydrogen (secondary N) is 1. The summed E-state index contributed by atoms with van der Waals surface area (Å²) in [6, 6.07) is 8.87. The van der Waals surface area contributed by atoms with Gasteiger partial charge >= 0.3 is 11.9 Å². The molecule has 32 heavy (non-hydrogen) atoms. The van der Waals surface area contributed by atoms with E-state index in [0.717, 1.165) is 18.1 Å². The number of hydrogen-bond donors (Lipinski definition) is 1. The van der Waals surface area contributed by atoms with Gasteiger partial charge in [0.2, 0.25) is 11.8 Å². The number of ether oxygens (including phenoxy) is 2. The summed E-state index contributed by atoms with van der Waals surface area (Å²) < 4.78 is 37.4. The molecule has 0 atom stereocenters. The molecule has 1 N–H and O–H groups in total. The third-order valence-corrected chi connectivity index (χ3v) is 6.16. The zero-order valence-corrected chi connectivity index (χ0v) is 18.1. The molecule has 1 aliphatic heterocycles. The van der Waals surface area contributed by atoms with Gasteiger partial charge in [0.15, 0.2) is 0 Å². The minimum Gasteiger partial charge on any atom is -0.465 e. The number of amides is 2. The van der Waals surface area contributed by atoms with Crippen LogP contribution in [0.1, 0.15) is 40.0 Å². The molecule has 1 fully saturated rings. The molecule has 0 aromatic heterocycles. The summed E-state index contributed by atoms with van der Waals surface area (Å²) in [5.41, 5.74) is 0.00647. The van der Waals surface area contributed by atoms with Crippen molar-refractivity contribution in [1.29, 1.82) is 0 Å². The second-order valence-electron chi connectivity index (χ2n) is 6.82. The molecule has 0 spiro atoms. The predicted octanol–water partition coefficient (Wildman–Crippen LogP) is 2.10. The molecule has 2 aromatic carbocycles. The summed E-state index contributed by atoms with van der Waals surface area (Å²) in [6.45, 7) is 0. The van der Waals surface area contributed by atoms with Crippen LogP contribution in [0.25, 0.3) is 0 Å². The molecule has 2 aromatic rings. The molecule has 1 heterocycles. The van der Waals surface area contributed by atoms with Gasteiger partial charge in [-0.25, -0.2) is 18.0 Å². The fourth-order valence-electron chi connectivity index (χ4n) is 3.18. The Bertz CT molecular complexity index is 1170. The van der Waals surface area contributed by atoms with E-state index in [4.69, 9.17) is 0 Å². The fraction of sp³-hybridized carbons (Fsp3) is 0.238. The van der Waals surface area contributed by atoms with Crippen molar-refractivity contribution in [3.8, 4) is 0 Å². The fourth-order valence-corrected chi connectivity index (χ4v) is 4.25. The molecule has 11 heteroatoms. The number of nitrogens with zero attached hydrogens (tertiary/aromatic N) is 1. The van der Waals surface area contributed by atoms with Crippen LogP contribution < -0.4 is 9.62 Å². The highest BCUT2D eigenvalue weighted by molar-refractivity contribution is 7.92. The summed E-state index contributed by atoms with van der Waals surface area (Å²) in [7, 11) is -1.90. The topological polar surface area (TPSA) is 136 Å². The molecule has 0 saturated carbocycles. The average molecular weight is 460 g/mol. The van der Waals surface area contributed by atoms with Crippen LogP contribution in [0.15, 0.2) is 47.4 Å². The van der Waals surface area contributed by atoms with Crippen LogP contribution in [0.2, 0.25) is 0 Å². The quantitative estimate of drug-likeness (QED) is 0.511. The molecule has 2 amide bonds. The Kier molecular flexibility index (Phi) is 6.58. The van der Waals surface area contributed by atoms with Crippen LogP contribution in [0, 0.1) is 0 Å². The van der Waals surface area contributed by atoms with Crippen molar-refractivity contribution in [2.24, 2.45) is 0 Å². The van der Waals surface area contributed by atoms with E-state index in [-0.39, 0.29) is 52.1 Å². The van der Waals surface area contributed by atoms with E-state index < -0.39 is 22.0 Å². The lowest BCUT2D eigenvalue weighted by atomic mass is 10.1. The Morgan fingerprint density at radius 3 is 2.06 bits per heavy atom. The Balaban J connectivity index is 1.93. The number of carbonyl (C=O) groups is 4. The Hall–Kier alpha value is -3.73. The SMILES string of the molecule is COC(=O)c1ccc(C(=O)OC)c(NS(=O)(=O)c2ccc(N3C(=O)CCCC3=O)cc2)c1. The van der Waals surface area contributed by atoms with Crippen LogP contribution >= 0.6 is 0 Å². The monoisotopic (exact) mass is 460 g/mol. The van der Waals surface area contributed by atoms with Crippen LogP contribution in [0.5, 0.6) is 0 Å². The number of sulfonamides is 1. The first-order chi connectivity index (χ1) is 15.2. The first-order valence-electron chi connectivity index (χ1n) is 9.47. The number of hydrogen-bond acceptors (Lipinski definition) is 8. The van der Waals surface area contributed by atoms with E-state index in [1.165, 1.54) is 43.5 Å². The number of piperidine rings is 1. The number of anilines is 2. The van der Waals surface area contributed by atoms with Gasteiger partial charge in [-0.05, 0) is 48.9 Å². The smallest absolute Gasteiger partial charge is 0.339 e. The van der Waals surface area contributed by atoms with Gasteiger partial charge in [-0.1, -0.05) is 0 Å². The normalized spacial score (nSPS) is 14.1. The summed E-state index contributed by atoms with van der Waals surface area (Å²) in [4.78, 5) is 48.8. The van der Waals surface area contributed by atoms with Crippen molar-refractivity contribution in [2.45, 2.75) is 24.2 Å². The second kappa shape index (κ2) is 9.18. The van der Waals surface area contributed by atoms with Crippen LogP contribution in [0.4, 0.5) is 11.4 Å². The molecule has 1 aliphatic rings. The minimum absolute atomic E-state index is 0.0234. The molecule has 0 unspecified atom stereocenters. The first kappa shape index (κ1) is 22.9. The molecule has 3 rings (SSSR count). The van der Waals surface area contributed by atoms with Gasteiger partial charge in [-0.3, -0.25) is 19.2 Å². The zero-order valence-electron chi connectivity index (χ0n) is 17.3. The number of methoxy groups -OCH3 is 2. The maximum atomic E-state index is 12.9. The molecule has 0 radical (unpaired) electrons. The van der Waals surface area contributed by atoms with Crippen LogP contribution in [-0.4, -0.2) is 46.4 Å². The van der Waals surface area contributed by atoms with Gasteiger partial charge in [-0.2, -0.15) is 0 Å². The van der Waals surface area contributed by atoms with E-state index in [2.05, 4.69) is 14.2 Å². The van der Waals surface area contributed by atoms with Crippen molar-refractivity contribution in [3.63, 3.8) is 0 Å². The number of carbonyl (C=O) groups excluding carboxylic acids is 4. The maximum absolute atomic E-state index is 12.9. The van der Waals surface area contributed by atoms with E-state index in [1.54, 1.807) is 0 Å². The van der Waals surface area contributed by atoms with E-state index >= 15 is 0 Å². The summed E-state index contributed by atoms with van der Waals surface area (Å²) in [6.07, 6.45) is 0.956. The van der Waals surface area contributed by atoms with E-state index in [0.29, 0.717) is 6.42 Å². The van der Waals surface area contributed by atoms with Gasteiger partial charge < -0.3 is 9.47 Å². The van der Waals surface area contributed by atoms with Crippen molar-refractivity contribution in [2.75, 3.05) is 23.8 Å². The van der Waals surface area contributed by atoms with Crippen LogP contribution in [0.3, 0.4) is 0 Å². The van der Waals surface area contributed by atoms with Crippen molar-refractivity contribution >= 4 is 45.2 Å². The molecule has 1 saturated heterocycles. The second-order valence-corrected chi connectivity index (χ2v) is 8.50. The molecule has 0 aliphatic carbocycles. The molecule has 10 nitrogen and oxygen atoms in total. The minimum atomic E-state index is -4.20. The summed E-state index contributed by atoms with van der Waals surface area (Å²) >= 11 is 0. The lowest BCUT2D eigenvalue weighted by molar-refractivity contribution is -0.129. The number of esters is 2. The van der Waals surface area contributed by atoms with Crippen LogP contribution in [-0.2, 0) is 29.1 Å². The Morgan fingerprint density at radius 1 is 0.906 bits per heavy atom. The molecule has 0 bridgehead atoms. The molecule has 168 valence electrons. The molecular formula is C21H20N2O8S. The van der Waals surface area contributed by atoms with Crippen molar-refractivity contribution < 1.29 is 37.1 Å². The standard InChI is InChI=1S/C21H20N2O8S/c1-30-20(26)13-6-11-16(21(27)31-2)17(12-13)22-32(28,29)15-9-7-14(8-10-15)23-18(24)4-3-5-19(23)25/h6-12,22H,3-5H2,1-2H3. The number of rotatable bonds is 6. The Morgan fingerprint density at radius 2 is 1.50 bits per heavy atom. The highest BCUT2D eigenvalue weighted by Crippen LogP contribution is 2.26. The highest BCUT2D eigenvalue weighted by Gasteiger charge is 2.28. The highest BCUT2D eigenvalue weighted by atomic mass is 32.2. The third kappa shape index (κ3) is 4.62. The van der Waals surface area contributed by atoms with Gasteiger partial charge in [0.1, 0.15) is 0 Å². The average Bonchev–Trinajstić information content (AvgIpc) is 2.78. The zero-order chi connectivity index (χ0) is 23.5. The van der Waals surface area contributed by atoms with E-state index in [9.17, 15) is 27.6 Å². The first-order valence-corrected chi connectivity index (χ1v) is 11.0. The van der Waals surface area contributed by atoms with Crippen molar-refractivity contribution in [3.05, 3.63) is 53.6 Å².